The van der Waals surface area contributed by atoms with Crippen LogP contribution in [0.1, 0.15) is 36.5 Å². The summed E-state index contributed by atoms with van der Waals surface area (Å²) in [5, 5.41) is 0. The van der Waals surface area contributed by atoms with E-state index in [-0.39, 0.29) is 0 Å². The number of halogens is 1. The van der Waals surface area contributed by atoms with Crippen molar-refractivity contribution in [2.45, 2.75) is 31.6 Å². The van der Waals surface area contributed by atoms with Crippen LogP contribution in [-0.4, -0.2) is 4.37 Å². The van der Waals surface area contributed by atoms with Crippen LogP contribution < -0.4 is 0 Å². The van der Waals surface area contributed by atoms with Gasteiger partial charge in [-0.1, -0.05) is 12.8 Å². The van der Waals surface area contributed by atoms with Crippen LogP contribution in [-0.2, 0) is 0 Å². The third kappa shape index (κ3) is 1.64. The summed E-state index contributed by atoms with van der Waals surface area (Å²) in [7, 11) is 0. The molecule has 0 aromatic carbocycles. The minimum Gasteiger partial charge on any atom is -0.185 e. The average molecular weight is 232 g/mol. The molecule has 1 nitrogen and oxygen atoms in total. The number of rotatable bonds is 1. The Morgan fingerprint density at radius 3 is 2.73 bits per heavy atom. The summed E-state index contributed by atoms with van der Waals surface area (Å²) in [6.07, 6.45) is 5.55. The van der Waals surface area contributed by atoms with Gasteiger partial charge in [-0.2, -0.15) is 4.37 Å². The summed E-state index contributed by atoms with van der Waals surface area (Å²) >= 11 is 5.03. The van der Waals surface area contributed by atoms with E-state index in [1.165, 1.54) is 30.6 Å². The Morgan fingerprint density at radius 2 is 2.18 bits per heavy atom. The minimum absolute atomic E-state index is 0.818. The van der Waals surface area contributed by atoms with Crippen molar-refractivity contribution < 1.29 is 0 Å². The van der Waals surface area contributed by atoms with Crippen molar-refractivity contribution in [3.8, 4) is 0 Å². The van der Waals surface area contributed by atoms with Crippen LogP contribution in [0.3, 0.4) is 0 Å². The van der Waals surface area contributed by atoms with E-state index in [9.17, 15) is 0 Å². The van der Waals surface area contributed by atoms with Gasteiger partial charge in [0.05, 0.1) is 0 Å². The molecule has 3 heteroatoms. The van der Waals surface area contributed by atoms with E-state index in [4.69, 9.17) is 0 Å². The number of aromatic nitrogens is 1. The van der Waals surface area contributed by atoms with Crippen LogP contribution >= 0.6 is 27.5 Å². The first-order chi connectivity index (χ1) is 5.36. The molecule has 0 unspecified atom stereocenters. The second kappa shape index (κ2) is 3.23. The summed E-state index contributed by atoms with van der Waals surface area (Å²) < 4.78 is 5.22. The van der Waals surface area contributed by atoms with Crippen molar-refractivity contribution in [3.05, 3.63) is 15.5 Å². The summed E-state index contributed by atoms with van der Waals surface area (Å²) in [5.74, 6) is 0.818. The van der Waals surface area contributed by atoms with Gasteiger partial charge < -0.3 is 0 Å². The quantitative estimate of drug-likeness (QED) is 0.721. The number of hydrogen-bond acceptors (Lipinski definition) is 2. The lowest BCUT2D eigenvalue weighted by Gasteiger charge is -2.01. The van der Waals surface area contributed by atoms with Crippen LogP contribution in [0.4, 0.5) is 0 Å². The van der Waals surface area contributed by atoms with Gasteiger partial charge >= 0.3 is 0 Å². The largest absolute Gasteiger partial charge is 0.185 e. The highest BCUT2D eigenvalue weighted by Gasteiger charge is 2.18. The summed E-state index contributed by atoms with van der Waals surface area (Å²) in [6, 6.07) is 2.17. The third-order valence-electron chi connectivity index (χ3n) is 2.26. The van der Waals surface area contributed by atoms with Crippen molar-refractivity contribution in [3.63, 3.8) is 0 Å². The summed E-state index contributed by atoms with van der Waals surface area (Å²) in [5.41, 5.74) is 0. The standard InChI is InChI=1S/C8H10BrNS/c9-8-5-7(11-10-8)6-3-1-2-4-6/h5-6H,1-4H2. The fourth-order valence-corrected chi connectivity index (χ4v) is 3.08. The molecule has 0 saturated heterocycles. The van der Waals surface area contributed by atoms with E-state index < -0.39 is 0 Å². The van der Waals surface area contributed by atoms with Gasteiger partial charge in [0.25, 0.3) is 0 Å². The molecular weight excluding hydrogens is 222 g/mol. The van der Waals surface area contributed by atoms with Gasteiger partial charge in [0.2, 0.25) is 0 Å². The fourth-order valence-electron chi connectivity index (χ4n) is 1.67. The molecule has 1 heterocycles. The van der Waals surface area contributed by atoms with Gasteiger partial charge in [-0.15, -0.1) is 0 Å². The molecule has 1 aliphatic rings. The van der Waals surface area contributed by atoms with Crippen molar-refractivity contribution in [1.82, 2.24) is 4.37 Å². The van der Waals surface area contributed by atoms with Crippen molar-refractivity contribution >= 4 is 27.5 Å². The van der Waals surface area contributed by atoms with Crippen LogP contribution in [0.5, 0.6) is 0 Å². The van der Waals surface area contributed by atoms with Crippen LogP contribution in [0.2, 0.25) is 0 Å². The predicted octanol–water partition coefficient (Wildman–Crippen LogP) is 3.56. The maximum Gasteiger partial charge on any atom is 0.120 e. The van der Waals surface area contributed by atoms with Crippen LogP contribution in [0, 0.1) is 0 Å². The van der Waals surface area contributed by atoms with Gasteiger partial charge in [-0.3, -0.25) is 0 Å². The van der Waals surface area contributed by atoms with Crippen molar-refractivity contribution in [2.75, 3.05) is 0 Å². The Balaban J connectivity index is 2.15. The van der Waals surface area contributed by atoms with Crippen LogP contribution in [0.15, 0.2) is 10.7 Å². The average Bonchev–Trinajstić information content (AvgIpc) is 2.55. The Hall–Kier alpha value is 0.110. The highest BCUT2D eigenvalue weighted by atomic mass is 79.9. The normalized spacial score (nSPS) is 19.4. The van der Waals surface area contributed by atoms with E-state index in [1.54, 1.807) is 11.5 Å². The fraction of sp³-hybridized carbons (Fsp3) is 0.625. The van der Waals surface area contributed by atoms with Gasteiger partial charge in [-0.25, -0.2) is 0 Å². The molecule has 0 bridgehead atoms. The Kier molecular flexibility index (Phi) is 2.28. The van der Waals surface area contributed by atoms with Gasteiger partial charge in [-0.05, 0) is 52.3 Å². The summed E-state index contributed by atoms with van der Waals surface area (Å²) in [4.78, 5) is 1.47. The van der Waals surface area contributed by atoms with E-state index in [0.717, 1.165) is 10.5 Å². The molecule has 1 saturated carbocycles. The molecule has 11 heavy (non-hydrogen) atoms. The van der Waals surface area contributed by atoms with Crippen LogP contribution in [0.25, 0.3) is 0 Å². The molecule has 0 radical (unpaired) electrons. The molecule has 1 aliphatic carbocycles. The Labute approximate surface area is 79.1 Å². The molecule has 1 aromatic rings. The topological polar surface area (TPSA) is 12.9 Å². The maximum absolute atomic E-state index is 4.22. The monoisotopic (exact) mass is 231 g/mol. The van der Waals surface area contributed by atoms with E-state index in [1.807, 2.05) is 0 Å². The molecule has 60 valence electrons. The number of nitrogens with zero attached hydrogens (tertiary/aromatic N) is 1. The van der Waals surface area contributed by atoms with Gasteiger partial charge in [0.1, 0.15) is 4.60 Å². The lowest BCUT2D eigenvalue weighted by molar-refractivity contribution is 0.738. The van der Waals surface area contributed by atoms with E-state index in [2.05, 4.69) is 26.4 Å². The van der Waals surface area contributed by atoms with Crippen molar-refractivity contribution in [1.29, 1.82) is 0 Å². The Bertz CT molecular complexity index is 240. The molecule has 0 amide bonds. The SMILES string of the molecule is Brc1cc(C2CCCC2)sn1. The zero-order valence-corrected chi connectivity index (χ0v) is 8.62. The lowest BCUT2D eigenvalue weighted by atomic mass is 10.1. The molecule has 1 fully saturated rings. The minimum atomic E-state index is 0.818. The zero-order chi connectivity index (χ0) is 7.68. The highest BCUT2D eigenvalue weighted by molar-refractivity contribution is 9.10. The summed E-state index contributed by atoms with van der Waals surface area (Å²) in [6.45, 7) is 0. The molecule has 1 aromatic heterocycles. The first kappa shape index (κ1) is 7.74. The Morgan fingerprint density at radius 1 is 1.45 bits per heavy atom. The smallest absolute Gasteiger partial charge is 0.120 e. The number of hydrogen-bond donors (Lipinski definition) is 0. The zero-order valence-electron chi connectivity index (χ0n) is 6.22. The lowest BCUT2D eigenvalue weighted by Crippen LogP contribution is -1.85. The molecule has 2 rings (SSSR count). The molecule has 0 aliphatic heterocycles. The molecule has 0 atom stereocenters. The first-order valence-corrected chi connectivity index (χ1v) is 5.55. The van der Waals surface area contributed by atoms with Gasteiger partial charge in [0.15, 0.2) is 0 Å². The maximum atomic E-state index is 4.22. The second-order valence-electron chi connectivity index (χ2n) is 3.03. The van der Waals surface area contributed by atoms with Crippen molar-refractivity contribution in [2.24, 2.45) is 0 Å². The van der Waals surface area contributed by atoms with Gasteiger partial charge in [0, 0.05) is 4.88 Å². The second-order valence-corrected chi connectivity index (χ2v) is 4.68. The highest BCUT2D eigenvalue weighted by Crippen LogP contribution is 2.36. The third-order valence-corrected chi connectivity index (χ3v) is 3.85. The molecule has 0 spiro atoms. The molecular formula is C8H10BrNS. The predicted molar refractivity (Wildman–Crippen MR) is 51.0 cm³/mol. The van der Waals surface area contributed by atoms with E-state index in [0.29, 0.717) is 0 Å². The molecule has 0 N–H and O–H groups in total. The first-order valence-electron chi connectivity index (χ1n) is 3.98. The van der Waals surface area contributed by atoms with E-state index >= 15 is 0 Å².